The third-order valence-electron chi connectivity index (χ3n) is 1.52. The molecular formula is C7H11O3S-. The number of hydrogen-bond acceptors (Lipinski definition) is 4. The Balaban J connectivity index is 2.09. The number of ether oxygens (including phenoxy) is 1. The third kappa shape index (κ3) is 3.62. The number of carboxylic acid groups (broad SMARTS) is 1. The van der Waals surface area contributed by atoms with Crippen molar-refractivity contribution >= 4 is 17.7 Å². The van der Waals surface area contributed by atoms with Crippen LogP contribution in [0.5, 0.6) is 0 Å². The summed E-state index contributed by atoms with van der Waals surface area (Å²) in [5.41, 5.74) is 0.0849. The topological polar surface area (TPSA) is 49.4 Å². The van der Waals surface area contributed by atoms with Gasteiger partial charge in [-0.1, -0.05) is 0 Å². The third-order valence-corrected chi connectivity index (χ3v) is 2.67. The minimum absolute atomic E-state index is 0.0463. The minimum atomic E-state index is -1.01. The number of thioether (sulfide) groups is 1. The molecule has 0 N–H and O–H groups in total. The van der Waals surface area contributed by atoms with Crippen molar-refractivity contribution in [2.45, 2.75) is 24.7 Å². The summed E-state index contributed by atoms with van der Waals surface area (Å²) in [4.78, 5) is 10.1. The van der Waals surface area contributed by atoms with Gasteiger partial charge in [0.25, 0.3) is 0 Å². The summed E-state index contributed by atoms with van der Waals surface area (Å²) in [6, 6.07) is 0. The fourth-order valence-corrected chi connectivity index (χ4v) is 1.85. The molecule has 1 atom stereocenters. The number of hydrogen-bond donors (Lipinski definition) is 0. The summed E-state index contributed by atoms with van der Waals surface area (Å²) < 4.78 is 5.30. The zero-order valence-corrected chi connectivity index (χ0v) is 7.06. The number of aliphatic carboxylic acids is 1. The Bertz CT molecular complexity index is 132. The molecule has 0 bridgehead atoms. The van der Waals surface area contributed by atoms with Crippen LogP contribution < -0.4 is 5.11 Å². The predicted molar refractivity (Wildman–Crippen MR) is 41.1 cm³/mol. The van der Waals surface area contributed by atoms with E-state index in [1.54, 1.807) is 0 Å². The van der Waals surface area contributed by atoms with Gasteiger partial charge in [0.2, 0.25) is 0 Å². The molecule has 1 saturated heterocycles. The lowest BCUT2D eigenvalue weighted by Crippen LogP contribution is -2.27. The second-order valence-electron chi connectivity index (χ2n) is 2.48. The number of carbonyl (C=O) groups excluding carboxylic acids is 1. The second kappa shape index (κ2) is 4.62. The highest BCUT2D eigenvalue weighted by molar-refractivity contribution is 8.00. The summed E-state index contributed by atoms with van der Waals surface area (Å²) in [5.74, 6) is -0.964. The van der Waals surface area contributed by atoms with Gasteiger partial charge in [-0.3, -0.25) is 0 Å². The lowest BCUT2D eigenvalue weighted by Gasteiger charge is -2.21. The summed E-state index contributed by atoms with van der Waals surface area (Å²) in [7, 11) is 0. The zero-order chi connectivity index (χ0) is 8.10. The molecule has 0 aromatic carbocycles. The van der Waals surface area contributed by atoms with Crippen LogP contribution in [-0.2, 0) is 9.53 Å². The maximum absolute atomic E-state index is 10.1. The van der Waals surface area contributed by atoms with E-state index in [2.05, 4.69) is 0 Å². The van der Waals surface area contributed by atoms with Crippen molar-refractivity contribution in [2.75, 3.05) is 12.4 Å². The van der Waals surface area contributed by atoms with Crippen LogP contribution in [0, 0.1) is 0 Å². The van der Waals surface area contributed by atoms with Crippen LogP contribution in [0.2, 0.25) is 0 Å². The molecule has 3 nitrogen and oxygen atoms in total. The van der Waals surface area contributed by atoms with Gasteiger partial charge in [0.1, 0.15) is 5.44 Å². The molecule has 1 rings (SSSR count). The Morgan fingerprint density at radius 3 is 3.00 bits per heavy atom. The van der Waals surface area contributed by atoms with E-state index >= 15 is 0 Å². The van der Waals surface area contributed by atoms with Gasteiger partial charge in [-0.25, -0.2) is 0 Å². The minimum Gasteiger partial charge on any atom is -0.549 e. The van der Waals surface area contributed by atoms with Gasteiger partial charge in [0.05, 0.1) is 5.97 Å². The molecule has 64 valence electrons. The van der Waals surface area contributed by atoms with Crippen LogP contribution in [0.4, 0.5) is 0 Å². The molecule has 4 heteroatoms. The smallest absolute Gasteiger partial charge is 0.103 e. The first-order chi connectivity index (χ1) is 5.29. The highest BCUT2D eigenvalue weighted by atomic mass is 32.2. The Morgan fingerprint density at radius 1 is 1.64 bits per heavy atom. The standard InChI is InChI=1S/C7H12O3S/c8-6(9)5-11-7-3-1-2-4-10-7/h7H,1-5H2,(H,8,9)/p-1. The SMILES string of the molecule is O=C([O-])CSC1CCCCO1. The first-order valence-electron chi connectivity index (χ1n) is 3.72. The van der Waals surface area contributed by atoms with E-state index in [1.807, 2.05) is 0 Å². The van der Waals surface area contributed by atoms with Gasteiger partial charge in [-0.2, -0.15) is 0 Å². The largest absolute Gasteiger partial charge is 0.549 e. The molecule has 1 aliphatic rings. The molecule has 1 fully saturated rings. The molecule has 1 heterocycles. The zero-order valence-electron chi connectivity index (χ0n) is 6.25. The van der Waals surface area contributed by atoms with Crippen molar-refractivity contribution in [3.05, 3.63) is 0 Å². The average molecular weight is 175 g/mol. The molecular weight excluding hydrogens is 164 g/mol. The lowest BCUT2D eigenvalue weighted by molar-refractivity contribution is -0.301. The normalized spacial score (nSPS) is 24.9. The molecule has 0 spiro atoms. The van der Waals surface area contributed by atoms with Crippen molar-refractivity contribution in [3.8, 4) is 0 Å². The van der Waals surface area contributed by atoms with Gasteiger partial charge in [0, 0.05) is 12.4 Å². The number of carbonyl (C=O) groups is 1. The monoisotopic (exact) mass is 175 g/mol. The van der Waals surface area contributed by atoms with Crippen LogP contribution in [0.15, 0.2) is 0 Å². The Labute approximate surface area is 70.1 Å². The highest BCUT2D eigenvalue weighted by Gasteiger charge is 2.13. The Kier molecular flexibility index (Phi) is 3.72. The van der Waals surface area contributed by atoms with E-state index in [4.69, 9.17) is 4.74 Å². The van der Waals surface area contributed by atoms with E-state index in [-0.39, 0.29) is 11.2 Å². The molecule has 0 aliphatic carbocycles. The van der Waals surface area contributed by atoms with Gasteiger partial charge in [0.15, 0.2) is 0 Å². The highest BCUT2D eigenvalue weighted by Crippen LogP contribution is 2.22. The molecule has 0 amide bonds. The summed E-state index contributed by atoms with van der Waals surface area (Å²) in [6.45, 7) is 0.769. The van der Waals surface area contributed by atoms with Crippen LogP contribution in [0.1, 0.15) is 19.3 Å². The molecule has 0 aromatic rings. The van der Waals surface area contributed by atoms with Crippen LogP contribution in [0.25, 0.3) is 0 Å². The van der Waals surface area contributed by atoms with Gasteiger partial charge in [-0.05, 0) is 19.3 Å². The van der Waals surface area contributed by atoms with Crippen molar-refractivity contribution in [1.82, 2.24) is 0 Å². The average Bonchev–Trinajstić information content (AvgIpc) is 2.03. The van der Waals surface area contributed by atoms with Crippen molar-refractivity contribution in [2.24, 2.45) is 0 Å². The summed E-state index contributed by atoms with van der Waals surface area (Å²) >= 11 is 1.32. The quantitative estimate of drug-likeness (QED) is 0.605. The second-order valence-corrected chi connectivity index (χ2v) is 3.63. The first kappa shape index (κ1) is 8.87. The van der Waals surface area contributed by atoms with E-state index in [0.717, 1.165) is 25.9 Å². The van der Waals surface area contributed by atoms with Gasteiger partial charge < -0.3 is 14.6 Å². The van der Waals surface area contributed by atoms with Crippen molar-refractivity contribution < 1.29 is 14.6 Å². The maximum Gasteiger partial charge on any atom is 0.103 e. The Hall–Kier alpha value is -0.220. The van der Waals surface area contributed by atoms with Crippen LogP contribution >= 0.6 is 11.8 Å². The van der Waals surface area contributed by atoms with E-state index < -0.39 is 5.97 Å². The van der Waals surface area contributed by atoms with Crippen molar-refractivity contribution in [1.29, 1.82) is 0 Å². The Morgan fingerprint density at radius 2 is 2.45 bits per heavy atom. The van der Waals surface area contributed by atoms with Gasteiger partial charge in [-0.15, -0.1) is 11.8 Å². The first-order valence-corrected chi connectivity index (χ1v) is 4.77. The number of carboxylic acids is 1. The summed E-state index contributed by atoms with van der Waals surface area (Å²) in [6.07, 6.45) is 3.21. The van der Waals surface area contributed by atoms with Gasteiger partial charge >= 0.3 is 0 Å². The molecule has 1 unspecified atom stereocenters. The fraction of sp³-hybridized carbons (Fsp3) is 0.857. The molecule has 0 radical (unpaired) electrons. The predicted octanol–water partition coefficient (Wildman–Crippen LogP) is -0.00390. The number of rotatable bonds is 3. The van der Waals surface area contributed by atoms with Crippen molar-refractivity contribution in [3.63, 3.8) is 0 Å². The van der Waals surface area contributed by atoms with E-state index in [1.165, 1.54) is 11.8 Å². The van der Waals surface area contributed by atoms with Crippen LogP contribution in [-0.4, -0.2) is 23.8 Å². The van der Waals surface area contributed by atoms with E-state index in [9.17, 15) is 9.90 Å². The van der Waals surface area contributed by atoms with Crippen LogP contribution in [0.3, 0.4) is 0 Å². The summed E-state index contributed by atoms with van der Waals surface area (Å²) in [5, 5.41) is 10.1. The molecule has 1 aliphatic heterocycles. The molecule has 0 saturated carbocycles. The fourth-order valence-electron chi connectivity index (χ4n) is 1.00. The lowest BCUT2D eigenvalue weighted by atomic mass is 10.2. The van der Waals surface area contributed by atoms with E-state index in [0.29, 0.717) is 0 Å². The maximum atomic E-state index is 10.1. The molecule has 11 heavy (non-hydrogen) atoms. The molecule has 0 aromatic heterocycles.